The quantitative estimate of drug-likeness (QED) is 0.0364. The van der Waals surface area contributed by atoms with Crippen molar-refractivity contribution >= 4 is 123 Å². The Morgan fingerprint density at radius 3 is 1.69 bits per heavy atom. The fraction of sp³-hybridized carbons (Fsp3) is 0.404. The lowest BCUT2D eigenvalue weighted by atomic mass is 9.76. The van der Waals surface area contributed by atoms with E-state index in [-0.39, 0.29) is 62.8 Å². The minimum Gasteiger partial charge on any atom is -0.494 e. The summed E-state index contributed by atoms with van der Waals surface area (Å²) in [6.07, 6.45) is 1.71. The largest absolute Gasteiger partial charge is 0.494 e. The first-order valence-electron chi connectivity index (χ1n) is 24.8. The number of ketones is 2. The van der Waals surface area contributed by atoms with Crippen molar-refractivity contribution in [3.05, 3.63) is 87.1 Å². The number of thiophene rings is 2. The van der Waals surface area contributed by atoms with Gasteiger partial charge in [-0.1, -0.05) is 69.8 Å². The lowest BCUT2D eigenvalue weighted by Gasteiger charge is -2.28. The molecule has 2 aliphatic rings. The lowest BCUT2D eigenvalue weighted by molar-refractivity contribution is 0.0907. The van der Waals surface area contributed by atoms with Crippen LogP contribution in [0, 0.1) is 10.8 Å². The van der Waals surface area contributed by atoms with E-state index in [0.29, 0.717) is 77.1 Å². The molecule has 0 saturated carbocycles. The van der Waals surface area contributed by atoms with Crippen LogP contribution in [0.4, 0.5) is 56.0 Å². The van der Waals surface area contributed by atoms with E-state index >= 15 is 0 Å². The molecule has 0 fully saturated rings. The van der Waals surface area contributed by atoms with Crippen molar-refractivity contribution in [1.29, 1.82) is 0 Å². The van der Waals surface area contributed by atoms with E-state index in [2.05, 4.69) is 63.5 Å². The predicted molar refractivity (Wildman–Crippen MR) is 305 cm³/mol. The van der Waals surface area contributed by atoms with Crippen molar-refractivity contribution < 1.29 is 44.7 Å². The van der Waals surface area contributed by atoms with Crippen LogP contribution in [0.25, 0.3) is 0 Å². The van der Waals surface area contributed by atoms with Crippen LogP contribution in [0.1, 0.15) is 104 Å². The summed E-state index contributed by atoms with van der Waals surface area (Å²) in [5.74, 6) is 1.76. The third kappa shape index (κ3) is 14.3. The van der Waals surface area contributed by atoms with Gasteiger partial charge in [-0.05, 0) is 86.3 Å². The molecule has 2 aliphatic carbocycles. The Balaban J connectivity index is 0.00000213. The molecule has 414 valence electrons. The van der Waals surface area contributed by atoms with E-state index in [4.69, 9.17) is 42.2 Å². The number of azo groups is 2. The smallest absolute Gasteiger partial charge is 0.425 e. The lowest BCUT2D eigenvalue weighted by Crippen LogP contribution is -2.26. The number of thioether (sulfide) groups is 1. The molecule has 0 atom stereocenters. The van der Waals surface area contributed by atoms with Crippen LogP contribution >= 0.6 is 34.4 Å². The molecule has 0 unspecified atom stereocenters. The summed E-state index contributed by atoms with van der Waals surface area (Å²) >= 11 is 3.63. The highest BCUT2D eigenvalue weighted by Crippen LogP contribution is 2.49. The topological polar surface area (TPSA) is 277 Å². The van der Waals surface area contributed by atoms with Gasteiger partial charge < -0.3 is 29.9 Å². The Hall–Kier alpha value is -6.71. The number of hydrogen-bond donors (Lipinski definition) is 3. The molecular formula is C52H61N11O10S5. The van der Waals surface area contributed by atoms with Gasteiger partial charge in [-0.25, -0.2) is 0 Å². The van der Waals surface area contributed by atoms with Gasteiger partial charge in [-0.2, -0.15) is 23.4 Å². The monoisotopic (exact) mass is 1160 g/mol. The average Bonchev–Trinajstić information content (AvgIpc) is 4.21. The van der Waals surface area contributed by atoms with Crippen LogP contribution in [0.5, 0.6) is 11.5 Å². The Bertz CT molecular complexity index is 3500. The molecule has 6 aromatic rings. The number of methoxy groups -OCH3 is 2. The molecule has 0 bridgehead atoms. The number of hydrogen-bond acceptors (Lipinski definition) is 23. The van der Waals surface area contributed by atoms with Crippen molar-refractivity contribution in [2.24, 2.45) is 31.3 Å². The van der Waals surface area contributed by atoms with Crippen molar-refractivity contribution in [2.45, 2.75) is 96.9 Å². The second-order valence-electron chi connectivity index (χ2n) is 19.7. The van der Waals surface area contributed by atoms with Crippen molar-refractivity contribution in [2.75, 3.05) is 60.8 Å². The Morgan fingerprint density at radius 2 is 1.19 bits per heavy atom. The molecular weight excluding hydrogens is 1100 g/mol. The summed E-state index contributed by atoms with van der Waals surface area (Å²) in [6.45, 7) is 18.8. The molecule has 3 aromatic carbocycles. The Morgan fingerprint density at radius 1 is 0.692 bits per heavy atom. The van der Waals surface area contributed by atoms with Crippen LogP contribution in [0.3, 0.4) is 0 Å². The first-order valence-corrected chi connectivity index (χ1v) is 29.9. The summed E-state index contributed by atoms with van der Waals surface area (Å²) in [5, 5.41) is 26.1. The number of benzene rings is 3. The Kier molecular flexibility index (Phi) is 18.9. The van der Waals surface area contributed by atoms with Gasteiger partial charge in [0.1, 0.15) is 32.8 Å². The zero-order valence-electron chi connectivity index (χ0n) is 44.8. The van der Waals surface area contributed by atoms with Crippen LogP contribution in [0.2, 0.25) is 0 Å². The van der Waals surface area contributed by atoms with E-state index in [9.17, 15) is 22.6 Å². The molecule has 3 heterocycles. The zero-order valence-corrected chi connectivity index (χ0v) is 48.9. The van der Waals surface area contributed by atoms with Crippen LogP contribution in [-0.2, 0) is 39.3 Å². The van der Waals surface area contributed by atoms with Gasteiger partial charge in [0.15, 0.2) is 21.7 Å². The van der Waals surface area contributed by atoms with E-state index < -0.39 is 31.0 Å². The summed E-state index contributed by atoms with van der Waals surface area (Å²) in [6, 6.07) is 19.1. The number of aromatic nitrogens is 3. The second-order valence-corrected chi connectivity index (χ2v) is 24.4. The number of fused-ring (bicyclic) bond motifs is 2. The maximum Gasteiger partial charge on any atom is 0.425 e. The van der Waals surface area contributed by atoms with Gasteiger partial charge in [0, 0.05) is 56.9 Å². The molecule has 78 heavy (non-hydrogen) atoms. The third-order valence-corrected chi connectivity index (χ3v) is 17.0. The van der Waals surface area contributed by atoms with E-state index in [1.165, 1.54) is 23.1 Å². The number of carbonyl (C=O) groups is 2. The highest BCUT2D eigenvalue weighted by atomic mass is 32.2. The highest BCUT2D eigenvalue weighted by Gasteiger charge is 2.39. The molecule has 21 nitrogen and oxygen atoms in total. The first-order chi connectivity index (χ1) is 37.0. The molecule has 0 saturated heterocycles. The predicted octanol–water partition coefficient (Wildman–Crippen LogP) is 12.9. The molecule has 0 amide bonds. The van der Waals surface area contributed by atoms with Gasteiger partial charge in [-0.3, -0.25) is 14.1 Å². The minimum atomic E-state index is -4.82. The minimum absolute atomic E-state index is 0.110. The van der Waals surface area contributed by atoms with Gasteiger partial charge in [-0.15, -0.1) is 55.8 Å². The zero-order chi connectivity index (χ0) is 56.7. The van der Waals surface area contributed by atoms with Gasteiger partial charge in [0.2, 0.25) is 11.9 Å². The maximum atomic E-state index is 13.3. The van der Waals surface area contributed by atoms with Gasteiger partial charge in [0.25, 0.3) is 10.1 Å². The normalized spacial score (nSPS) is 14.6. The third-order valence-electron chi connectivity index (χ3n) is 12.7. The molecule has 3 aromatic heterocycles. The molecule has 0 aliphatic heterocycles. The molecule has 0 spiro atoms. The molecule has 26 heteroatoms. The molecule has 8 rings (SSSR count). The summed E-state index contributed by atoms with van der Waals surface area (Å²) in [7, 11) is -4.78. The number of anilines is 6. The van der Waals surface area contributed by atoms with Crippen molar-refractivity contribution in [3.63, 3.8) is 0 Å². The number of carbonyl (C=O) groups excluding carboxylic acids is 2. The standard InChI is InChI=1S/C52H61N11O7S4.O3S/c1-11-62(12-2)37-21-33(35(23-41(37)69-9)58-60-43-20-31-25-51(5,6)27-39(64)44(31)72-43)53-48-55-49(57-50(56-48)71-29-30-18-16-15-17-19-30)54-34-22-38(63(13-3)14-4)42(70-10)24-36(34)59-61-47-46(74(66,67)68)32-26-52(7,8)28-40(65)45(32)73-47;1-4(2)3/h15-24H,11-14,25-29H2,1-10H3,(H,66,67,68)(H2,53,54,55,56,57);. The van der Waals surface area contributed by atoms with Gasteiger partial charge in [0.05, 0.1) is 46.7 Å². The van der Waals surface area contributed by atoms with Crippen LogP contribution in [-0.4, -0.2) is 92.5 Å². The number of ether oxygens (including phenoxy) is 2. The van der Waals surface area contributed by atoms with Gasteiger partial charge >= 0.3 is 10.6 Å². The summed E-state index contributed by atoms with van der Waals surface area (Å²) < 4.78 is 73.7. The molecule has 0 radical (unpaired) electrons. The Labute approximate surface area is 467 Å². The van der Waals surface area contributed by atoms with E-state index in [0.717, 1.165) is 45.1 Å². The summed E-state index contributed by atoms with van der Waals surface area (Å²) in [4.78, 5) is 45.9. The van der Waals surface area contributed by atoms with E-state index in [1.807, 2.05) is 82.3 Å². The van der Waals surface area contributed by atoms with E-state index in [1.54, 1.807) is 20.3 Å². The van der Waals surface area contributed by atoms with Crippen LogP contribution in [0.15, 0.2) is 91.2 Å². The van der Waals surface area contributed by atoms with Crippen molar-refractivity contribution in [3.8, 4) is 11.5 Å². The molecule has 3 N–H and O–H groups in total. The fourth-order valence-electron chi connectivity index (χ4n) is 9.26. The number of nitrogens with zero attached hydrogens (tertiary/aromatic N) is 9. The number of Topliss-reactive ketones (excluding diaryl/α,β-unsaturated/α-hetero) is 2. The first kappa shape index (κ1) is 59.0. The van der Waals surface area contributed by atoms with Crippen LogP contribution < -0.4 is 29.9 Å². The number of nitrogens with one attached hydrogen (secondary N) is 2. The average molecular weight is 1160 g/mol. The maximum absolute atomic E-state index is 13.3. The highest BCUT2D eigenvalue weighted by molar-refractivity contribution is 7.98. The fourth-order valence-corrected chi connectivity index (χ4v) is 13.2. The summed E-state index contributed by atoms with van der Waals surface area (Å²) in [5.41, 5.74) is 4.65. The second kappa shape index (κ2) is 25.0. The SMILES string of the molecule is CCN(CC)c1cc(Nc2nc(Nc3cc(N(CC)CC)c(OC)cc3N=Nc3sc4c(c3S(=O)(=O)O)CC(C)(C)CC4=O)nc(SCc3ccccc3)n2)c(N=Nc2cc3c(s2)C(=O)CC(C)(C)C3)cc1OC.O=S(=O)=O. The van der Waals surface area contributed by atoms with Crippen molar-refractivity contribution in [1.82, 2.24) is 15.0 Å². The number of rotatable bonds is 20.